The highest BCUT2D eigenvalue weighted by atomic mass is 16.5. The second-order valence-corrected chi connectivity index (χ2v) is 3.18. The van der Waals surface area contributed by atoms with Crippen LogP contribution in [0.4, 0.5) is 0 Å². The van der Waals surface area contributed by atoms with Crippen molar-refractivity contribution in [2.24, 2.45) is 0 Å². The van der Waals surface area contributed by atoms with E-state index in [-0.39, 0.29) is 5.97 Å². The first-order chi connectivity index (χ1) is 6.04. The third-order valence-corrected chi connectivity index (χ3v) is 1.87. The average Bonchev–Trinajstić information content (AvgIpc) is 2.04. The summed E-state index contributed by atoms with van der Waals surface area (Å²) in [4.78, 5) is 11.3. The summed E-state index contributed by atoms with van der Waals surface area (Å²) >= 11 is 0. The van der Waals surface area contributed by atoms with E-state index >= 15 is 0 Å². The number of carbonyl (C=O) groups is 1. The number of carbonyl (C=O) groups excluding carboxylic acids is 1. The first-order valence-corrected chi connectivity index (χ1v) is 4.48. The molecule has 2 heteroatoms. The molecule has 0 saturated heterocycles. The molecule has 0 rings (SSSR count). The van der Waals surface area contributed by atoms with Crippen LogP contribution in [0.25, 0.3) is 0 Å². The van der Waals surface area contributed by atoms with Crippen molar-refractivity contribution < 1.29 is 9.53 Å². The van der Waals surface area contributed by atoms with Gasteiger partial charge >= 0.3 is 5.97 Å². The summed E-state index contributed by atoms with van der Waals surface area (Å²) in [7, 11) is 1.39. The van der Waals surface area contributed by atoms with Crippen LogP contribution in [-0.4, -0.2) is 13.1 Å². The molecule has 0 saturated carbocycles. The molecule has 0 atom stereocenters. The molecule has 0 aliphatic rings. The maximum absolute atomic E-state index is 11.3. The Bertz CT molecular complexity index is 236. The summed E-state index contributed by atoms with van der Waals surface area (Å²) in [5.74, 6) is -0.279. The fraction of sp³-hybridized carbons (Fsp3) is 0.545. The van der Waals surface area contributed by atoms with Gasteiger partial charge in [0, 0.05) is 0 Å². The van der Waals surface area contributed by atoms with E-state index in [1.165, 1.54) is 7.11 Å². The number of ether oxygens (including phenoxy) is 1. The van der Waals surface area contributed by atoms with Gasteiger partial charge in [0.05, 0.1) is 12.7 Å². The standard InChI is InChI=1S/C11H18O2/c1-6-7-9(4)10(8(2)3)11(12)13-5/h2,6-7H2,1,3-5H3/b10-9+. The van der Waals surface area contributed by atoms with Gasteiger partial charge in [0.2, 0.25) is 0 Å². The number of allylic oxidation sites excluding steroid dienone is 1. The third kappa shape index (κ3) is 3.45. The molecule has 13 heavy (non-hydrogen) atoms. The zero-order chi connectivity index (χ0) is 10.4. The summed E-state index contributed by atoms with van der Waals surface area (Å²) in [5.41, 5.74) is 2.48. The molecule has 2 nitrogen and oxygen atoms in total. The minimum Gasteiger partial charge on any atom is -0.465 e. The van der Waals surface area contributed by atoms with Crippen molar-refractivity contribution in [2.75, 3.05) is 7.11 Å². The van der Waals surface area contributed by atoms with Crippen molar-refractivity contribution in [3.63, 3.8) is 0 Å². The lowest BCUT2D eigenvalue weighted by Crippen LogP contribution is -2.07. The second-order valence-electron chi connectivity index (χ2n) is 3.18. The molecule has 74 valence electrons. The van der Waals surface area contributed by atoms with Gasteiger partial charge in [0.15, 0.2) is 0 Å². The van der Waals surface area contributed by atoms with Gasteiger partial charge in [-0.1, -0.05) is 25.5 Å². The Kier molecular flexibility index (Phi) is 5.12. The number of hydrogen-bond acceptors (Lipinski definition) is 2. The third-order valence-electron chi connectivity index (χ3n) is 1.87. The zero-order valence-electron chi connectivity index (χ0n) is 8.94. The van der Waals surface area contributed by atoms with Gasteiger partial charge in [-0.05, 0) is 25.8 Å². The van der Waals surface area contributed by atoms with Gasteiger partial charge in [-0.25, -0.2) is 4.79 Å². The summed E-state index contributed by atoms with van der Waals surface area (Å²) in [6, 6.07) is 0. The Hall–Kier alpha value is -1.05. The van der Waals surface area contributed by atoms with E-state index in [2.05, 4.69) is 18.2 Å². The average molecular weight is 182 g/mol. The van der Waals surface area contributed by atoms with Crippen LogP contribution < -0.4 is 0 Å². The lowest BCUT2D eigenvalue weighted by Gasteiger charge is -2.09. The van der Waals surface area contributed by atoms with Crippen LogP contribution in [0.1, 0.15) is 33.6 Å². The van der Waals surface area contributed by atoms with Crippen molar-refractivity contribution in [3.05, 3.63) is 23.3 Å². The van der Waals surface area contributed by atoms with Crippen molar-refractivity contribution in [3.8, 4) is 0 Å². The van der Waals surface area contributed by atoms with E-state index in [1.807, 2.05) is 13.8 Å². The monoisotopic (exact) mass is 182 g/mol. The van der Waals surface area contributed by atoms with Crippen LogP contribution in [-0.2, 0) is 9.53 Å². The van der Waals surface area contributed by atoms with Crippen LogP contribution in [0.15, 0.2) is 23.3 Å². The molecule has 0 aliphatic carbocycles. The van der Waals surface area contributed by atoms with E-state index in [1.54, 1.807) is 0 Å². The highest BCUT2D eigenvalue weighted by molar-refractivity contribution is 5.93. The van der Waals surface area contributed by atoms with Crippen LogP contribution in [0.5, 0.6) is 0 Å². The quantitative estimate of drug-likeness (QED) is 0.379. The smallest absolute Gasteiger partial charge is 0.338 e. The number of hydrogen-bond donors (Lipinski definition) is 0. The molecule has 0 aromatic heterocycles. The van der Waals surface area contributed by atoms with Crippen LogP contribution in [0, 0.1) is 0 Å². The Morgan fingerprint density at radius 3 is 2.23 bits per heavy atom. The maximum Gasteiger partial charge on any atom is 0.338 e. The lowest BCUT2D eigenvalue weighted by molar-refractivity contribution is -0.135. The Morgan fingerprint density at radius 2 is 1.92 bits per heavy atom. The molecule has 0 spiro atoms. The molecule has 0 aromatic rings. The lowest BCUT2D eigenvalue weighted by atomic mass is 10.0. The maximum atomic E-state index is 11.3. The predicted molar refractivity (Wildman–Crippen MR) is 54.4 cm³/mol. The summed E-state index contributed by atoms with van der Waals surface area (Å²) in [5, 5.41) is 0. The van der Waals surface area contributed by atoms with E-state index in [9.17, 15) is 4.79 Å². The largest absolute Gasteiger partial charge is 0.465 e. The van der Waals surface area contributed by atoms with Crippen LogP contribution in [0.3, 0.4) is 0 Å². The molecule has 0 bridgehead atoms. The zero-order valence-corrected chi connectivity index (χ0v) is 8.94. The van der Waals surface area contributed by atoms with Crippen molar-refractivity contribution >= 4 is 5.97 Å². The Balaban J connectivity index is 4.88. The molecule has 0 N–H and O–H groups in total. The summed E-state index contributed by atoms with van der Waals surface area (Å²) < 4.78 is 4.68. The first-order valence-electron chi connectivity index (χ1n) is 4.48. The normalized spacial score (nSPS) is 12.0. The van der Waals surface area contributed by atoms with Gasteiger partial charge < -0.3 is 4.74 Å². The second kappa shape index (κ2) is 5.57. The van der Waals surface area contributed by atoms with Gasteiger partial charge in [-0.3, -0.25) is 0 Å². The molecule has 0 aliphatic heterocycles. The van der Waals surface area contributed by atoms with Crippen molar-refractivity contribution in [1.82, 2.24) is 0 Å². The number of esters is 1. The van der Waals surface area contributed by atoms with Crippen molar-refractivity contribution in [2.45, 2.75) is 33.6 Å². The first kappa shape index (κ1) is 11.9. The van der Waals surface area contributed by atoms with Gasteiger partial charge in [0.1, 0.15) is 0 Å². The fourth-order valence-corrected chi connectivity index (χ4v) is 1.31. The summed E-state index contributed by atoms with van der Waals surface area (Å²) in [6.07, 6.45) is 1.94. The molecule has 0 heterocycles. The van der Waals surface area contributed by atoms with Crippen molar-refractivity contribution in [1.29, 1.82) is 0 Å². The number of rotatable bonds is 4. The minimum atomic E-state index is -0.279. The minimum absolute atomic E-state index is 0.279. The van der Waals surface area contributed by atoms with E-state index in [0.29, 0.717) is 5.57 Å². The number of methoxy groups -OCH3 is 1. The van der Waals surface area contributed by atoms with E-state index in [4.69, 9.17) is 0 Å². The topological polar surface area (TPSA) is 26.3 Å². The molecular weight excluding hydrogens is 164 g/mol. The molecule has 0 radical (unpaired) electrons. The highest BCUT2D eigenvalue weighted by Crippen LogP contribution is 2.18. The Morgan fingerprint density at radius 1 is 1.38 bits per heavy atom. The van der Waals surface area contributed by atoms with Gasteiger partial charge in [-0.2, -0.15) is 0 Å². The van der Waals surface area contributed by atoms with Gasteiger partial charge in [-0.15, -0.1) is 0 Å². The Labute approximate surface area is 80.3 Å². The SMILES string of the molecule is C=C(C)/C(C(=O)OC)=C(/C)CCC. The fourth-order valence-electron chi connectivity index (χ4n) is 1.31. The molecule has 0 unspecified atom stereocenters. The molecule has 0 amide bonds. The molecule has 0 fully saturated rings. The molecular formula is C11H18O2. The molecule has 0 aromatic carbocycles. The highest BCUT2D eigenvalue weighted by Gasteiger charge is 2.13. The van der Waals surface area contributed by atoms with E-state index in [0.717, 1.165) is 24.0 Å². The van der Waals surface area contributed by atoms with Crippen LogP contribution >= 0.6 is 0 Å². The van der Waals surface area contributed by atoms with Crippen LogP contribution in [0.2, 0.25) is 0 Å². The van der Waals surface area contributed by atoms with Gasteiger partial charge in [0.25, 0.3) is 0 Å². The predicted octanol–water partition coefficient (Wildman–Crippen LogP) is 2.85. The summed E-state index contributed by atoms with van der Waals surface area (Å²) in [6.45, 7) is 9.62. The van der Waals surface area contributed by atoms with E-state index < -0.39 is 0 Å².